The fourth-order valence-electron chi connectivity index (χ4n) is 9.96. The summed E-state index contributed by atoms with van der Waals surface area (Å²) in [6.07, 6.45) is 5.97. The number of rotatable bonds is 23. The third kappa shape index (κ3) is 41.4. The van der Waals surface area contributed by atoms with Crippen LogP contribution < -0.4 is 61.6 Å². The number of ether oxygens (including phenoxy) is 13. The molecule has 0 spiro atoms. The summed E-state index contributed by atoms with van der Waals surface area (Å²) in [6.45, 7) is 6.34. The van der Waals surface area contributed by atoms with E-state index in [0.29, 0.717) is 63.2 Å². The van der Waals surface area contributed by atoms with Crippen molar-refractivity contribution in [3.05, 3.63) is 274 Å². The fraction of sp³-hybridized carbons (Fsp3) is 0.170. The Morgan fingerprint density at radius 1 is 0.209 bits per heavy atom. The zero-order chi connectivity index (χ0) is 105. The Hall–Kier alpha value is -18.6. The van der Waals surface area contributed by atoms with E-state index in [-0.39, 0.29) is 172 Å². The highest BCUT2D eigenvalue weighted by molar-refractivity contribution is 5.96. The van der Waals surface area contributed by atoms with Gasteiger partial charge in [-0.1, -0.05) is 18.2 Å². The summed E-state index contributed by atoms with van der Waals surface area (Å²) in [4.78, 5) is 94.7. The number of carboxylic acid groups (broad SMARTS) is 3. The first-order valence-electron chi connectivity index (χ1n) is 39.5. The first-order valence-corrected chi connectivity index (χ1v) is 39.5. The average molecular weight is 1930 g/mol. The Labute approximate surface area is 797 Å². The number of hydrogen-bond acceptors (Lipinski definition) is 36. The van der Waals surface area contributed by atoms with E-state index < -0.39 is 17.9 Å². The van der Waals surface area contributed by atoms with E-state index >= 15 is 0 Å². The van der Waals surface area contributed by atoms with Gasteiger partial charge in [-0.05, 0) is 221 Å². The first-order chi connectivity index (χ1) is 65.9. The second-order valence-corrected chi connectivity index (χ2v) is 26.5. The lowest BCUT2D eigenvalue weighted by molar-refractivity contribution is 0.0685. The molecule has 742 valence electrons. The number of Topliss-reactive ketones (excluding diaryl/α,β-unsaturated/α-hetero) is 3. The van der Waals surface area contributed by atoms with E-state index in [1.54, 1.807) is 42.5 Å². The molecule has 0 radical (unpaired) electrons. The van der Waals surface area contributed by atoms with Crippen molar-refractivity contribution >= 4 is 60.2 Å². The van der Waals surface area contributed by atoms with Crippen LogP contribution in [0.2, 0.25) is 0 Å². The number of hydrogen-bond donors (Lipinski definition) is 17. The lowest BCUT2D eigenvalue weighted by Crippen LogP contribution is -1.98. The molecule has 0 saturated carbocycles. The summed E-state index contributed by atoms with van der Waals surface area (Å²) in [5, 5.41) is 153. The van der Waals surface area contributed by atoms with Crippen molar-refractivity contribution < 1.29 is 192 Å². The van der Waals surface area contributed by atoms with Crippen molar-refractivity contribution in [2.75, 3.05) is 92.4 Å². The van der Waals surface area contributed by atoms with E-state index in [1.165, 1.54) is 277 Å². The number of phenols is 14. The molecule has 12 aromatic rings. The molecule has 17 N–H and O–H groups in total. The molecule has 0 amide bonds. The van der Waals surface area contributed by atoms with Crippen LogP contribution in [-0.4, -0.2) is 233 Å². The molecular weight excluding hydrogens is 1830 g/mol. The van der Waals surface area contributed by atoms with E-state index in [9.17, 15) is 73.8 Å². The summed E-state index contributed by atoms with van der Waals surface area (Å²) < 4.78 is 62.6. The van der Waals surface area contributed by atoms with Gasteiger partial charge in [0.15, 0.2) is 121 Å². The minimum atomic E-state index is -1.11. The normalized spacial score (nSPS) is 9.47. The molecule has 0 aliphatic heterocycles. The number of ketones is 3. The van der Waals surface area contributed by atoms with Gasteiger partial charge in [-0.3, -0.25) is 28.8 Å². The molecule has 0 fully saturated rings. The quantitative estimate of drug-likeness (QED) is 0.0161. The standard InChI is InChI=1S/C10H12O4.C10H12O2.C9H10O5.C9H10O4.C9H10O3.C8H10O4.C8H8O4.C8H8O3.C8H8O2.C7H8O3.C7H6O3.C7H6O2/c1-6(11)7-4-8(13-2)10(12)9(5-7)14-3;1-3-4-8-5-6-9(11)10(7-8)12-2;1-13-6-3-5(9(11)12)4-7(14-2)8(6)10;1-12-7-3-6(5-10)4-8(13-2)9(7)11;1-6(10)7-3-4-8(11)9(5-7)12-2;1-11-6-3-5(9)4-7(12-2)8(6)10;1-12-7-4-5(8(10)11)2-3-6(7)9;1-11-8-4-6(5-9)2-3-7(8)10;1-6(9)7-2-4-8(10)5-3-7;1-10-7-4-5(8)2-3-6(7)9;8-6-3-1-5(2-4-6)7(9)10;8-5-6-1-3-7(9)4-2-6/h4-5,12H,1-3H3;3-7,11H,1-2H3;3-4,10H,1-2H3,(H,11,12);3-5,11H,1-2H3;3-5,11H,1-2H3;3-4,9-10H,1-2H3;2-4,9H,1H3,(H,10,11);2-5,10H,1H3;2-5,10H,1H3;2-4,8-9H,1H3;1-4,8H,(H,9,10);1-5,9H/b;4-3+;;;;;;;;;;. The van der Waals surface area contributed by atoms with Crippen LogP contribution in [0.15, 0.2) is 218 Å². The third-order valence-corrected chi connectivity index (χ3v) is 17.2. The van der Waals surface area contributed by atoms with Crippen LogP contribution in [0.25, 0.3) is 6.08 Å². The highest BCUT2D eigenvalue weighted by atomic mass is 16.5. The Kier molecular flexibility index (Phi) is 53.4. The minimum absolute atomic E-state index is 0.00324. The topological polar surface area (TPSA) is 618 Å². The molecule has 0 aliphatic carbocycles. The molecule has 12 rings (SSSR count). The summed E-state index contributed by atoms with van der Waals surface area (Å²) in [7, 11) is 18.3. The molecule has 0 bridgehead atoms. The highest BCUT2D eigenvalue weighted by Gasteiger charge is 2.18. The number of aromatic hydroxyl groups is 14. The Balaban J connectivity index is 0.000000760. The van der Waals surface area contributed by atoms with Crippen LogP contribution in [0, 0.1) is 0 Å². The van der Waals surface area contributed by atoms with Crippen LogP contribution in [0.3, 0.4) is 0 Å². The van der Waals surface area contributed by atoms with Crippen molar-refractivity contribution in [1.82, 2.24) is 0 Å². The van der Waals surface area contributed by atoms with Gasteiger partial charge < -0.3 is 148 Å². The molecule has 39 nitrogen and oxygen atoms in total. The molecule has 39 heteroatoms. The molecule has 139 heavy (non-hydrogen) atoms. The largest absolute Gasteiger partial charge is 0.508 e. The van der Waals surface area contributed by atoms with Gasteiger partial charge in [0.05, 0.1) is 109 Å². The molecule has 0 aliphatic rings. The lowest BCUT2D eigenvalue weighted by Gasteiger charge is -2.09. The van der Waals surface area contributed by atoms with Crippen LogP contribution in [0.5, 0.6) is 155 Å². The maximum atomic E-state index is 11.1. The number of carbonyl (C=O) groups excluding carboxylic acids is 6. The zero-order valence-corrected chi connectivity index (χ0v) is 78.2. The van der Waals surface area contributed by atoms with Gasteiger partial charge in [-0.25, -0.2) is 14.4 Å². The van der Waals surface area contributed by atoms with Crippen molar-refractivity contribution in [2.45, 2.75) is 27.7 Å². The second-order valence-electron chi connectivity index (χ2n) is 26.5. The Morgan fingerprint density at radius 3 is 0.734 bits per heavy atom. The van der Waals surface area contributed by atoms with Gasteiger partial charge in [0.2, 0.25) is 23.0 Å². The minimum Gasteiger partial charge on any atom is -0.508 e. The molecule has 12 aromatic carbocycles. The number of aromatic carboxylic acids is 3. The molecule has 0 saturated heterocycles. The number of methoxy groups -OCH3 is 13. The van der Waals surface area contributed by atoms with Crippen molar-refractivity contribution in [3.8, 4) is 155 Å². The summed E-state index contributed by atoms with van der Waals surface area (Å²) in [5.74, 6) is -0.0777. The van der Waals surface area contributed by atoms with Crippen LogP contribution in [-0.2, 0) is 0 Å². The lowest BCUT2D eigenvalue weighted by atomic mass is 10.1. The zero-order valence-electron chi connectivity index (χ0n) is 78.2. The first kappa shape index (κ1) is 118. The SMILES string of the molecule is C/C=C/c1ccc(O)c(OC)c1.CC(=O)c1ccc(O)cc1.COc1cc(C(=O)O)cc(OC)c1O.COc1cc(C(=O)O)ccc1O.COc1cc(C(C)=O)cc(OC)c1O.COc1cc(C(C)=O)ccc1O.COc1cc(C=O)cc(OC)c1O.COc1cc(C=O)ccc1O.COc1cc(O)cc(OC)c1O.COc1cc(O)ccc1O.O=C(O)c1ccc(O)cc1.O=Cc1ccc(O)cc1. The Bertz CT molecular complexity index is 5700. The molecular formula is C100H108O39. The van der Waals surface area contributed by atoms with Crippen molar-refractivity contribution in [1.29, 1.82) is 0 Å². The summed E-state index contributed by atoms with van der Waals surface area (Å²) in [6, 6.07) is 50.6. The van der Waals surface area contributed by atoms with Crippen LogP contribution >= 0.6 is 0 Å². The average Bonchev–Trinajstić information content (AvgIpc) is 0.823. The number of aldehydes is 3. The fourth-order valence-corrected chi connectivity index (χ4v) is 9.96. The number of benzene rings is 12. The second kappa shape index (κ2) is 62.7. The van der Waals surface area contributed by atoms with E-state index in [1.807, 2.05) is 25.1 Å². The smallest absolute Gasteiger partial charge is 0.335 e. The van der Waals surface area contributed by atoms with E-state index in [0.717, 1.165) is 11.8 Å². The van der Waals surface area contributed by atoms with Gasteiger partial charge in [0.25, 0.3) is 0 Å². The van der Waals surface area contributed by atoms with Crippen LogP contribution in [0.1, 0.15) is 126 Å². The van der Waals surface area contributed by atoms with Gasteiger partial charge >= 0.3 is 17.9 Å². The number of phenolic OH excluding ortho intramolecular Hbond substituents is 14. The monoisotopic (exact) mass is 1930 g/mol. The predicted molar refractivity (Wildman–Crippen MR) is 508 cm³/mol. The molecule has 0 aromatic heterocycles. The molecule has 0 unspecified atom stereocenters. The number of allylic oxidation sites excluding steroid dienone is 1. The van der Waals surface area contributed by atoms with E-state index in [4.69, 9.17) is 118 Å². The Morgan fingerprint density at radius 2 is 0.424 bits per heavy atom. The van der Waals surface area contributed by atoms with E-state index in [2.05, 4.69) is 0 Å². The van der Waals surface area contributed by atoms with Gasteiger partial charge in [0.1, 0.15) is 47.6 Å². The number of carbonyl (C=O) groups is 9. The van der Waals surface area contributed by atoms with Crippen LogP contribution in [0.4, 0.5) is 0 Å². The molecule has 0 atom stereocenters. The van der Waals surface area contributed by atoms with Crippen molar-refractivity contribution in [2.24, 2.45) is 0 Å². The predicted octanol–water partition coefficient (Wildman–Crippen LogP) is 16.4. The van der Waals surface area contributed by atoms with Gasteiger partial charge in [0, 0.05) is 51.6 Å². The van der Waals surface area contributed by atoms with Gasteiger partial charge in [-0.2, -0.15) is 0 Å². The third-order valence-electron chi connectivity index (χ3n) is 17.2. The maximum Gasteiger partial charge on any atom is 0.335 e. The van der Waals surface area contributed by atoms with Gasteiger partial charge in [-0.15, -0.1) is 0 Å². The summed E-state index contributed by atoms with van der Waals surface area (Å²) >= 11 is 0. The highest BCUT2D eigenvalue weighted by Crippen LogP contribution is 2.42. The number of carboxylic acids is 3. The molecule has 0 heterocycles. The summed E-state index contributed by atoms with van der Waals surface area (Å²) in [5.41, 5.74) is 4.34. The van der Waals surface area contributed by atoms with Crippen molar-refractivity contribution in [3.63, 3.8) is 0 Å². The maximum absolute atomic E-state index is 11.1.